The standard InChI is InChI=1S/C18H20BrN3S2/c1-3-9-22-17(14-10-16(4-2)23-12-14)20-21-18(22)24-11-13-5-7-15(19)8-6-13/h5-8,10,12H,3-4,9,11H2,1-2H3. The second-order valence-corrected chi connectivity index (χ2v) is 8.38. The fourth-order valence-electron chi connectivity index (χ4n) is 2.45. The molecule has 0 saturated carbocycles. The SMILES string of the molecule is CCCn1c(SCc2ccc(Br)cc2)nnc1-c1csc(CC)c1. The van der Waals surface area contributed by atoms with E-state index in [1.165, 1.54) is 16.0 Å². The van der Waals surface area contributed by atoms with Gasteiger partial charge < -0.3 is 4.57 Å². The topological polar surface area (TPSA) is 30.7 Å². The molecule has 0 amide bonds. The second-order valence-electron chi connectivity index (χ2n) is 5.53. The van der Waals surface area contributed by atoms with Gasteiger partial charge >= 0.3 is 0 Å². The molecule has 0 aliphatic heterocycles. The number of hydrogen-bond acceptors (Lipinski definition) is 4. The highest BCUT2D eigenvalue weighted by molar-refractivity contribution is 9.10. The summed E-state index contributed by atoms with van der Waals surface area (Å²) in [7, 11) is 0. The second kappa shape index (κ2) is 8.32. The number of thioether (sulfide) groups is 1. The van der Waals surface area contributed by atoms with Gasteiger partial charge in [-0.25, -0.2) is 0 Å². The lowest BCUT2D eigenvalue weighted by Gasteiger charge is -2.08. The van der Waals surface area contributed by atoms with Crippen LogP contribution in [0.3, 0.4) is 0 Å². The summed E-state index contributed by atoms with van der Waals surface area (Å²) >= 11 is 7.03. The monoisotopic (exact) mass is 421 g/mol. The minimum absolute atomic E-state index is 0.902. The lowest BCUT2D eigenvalue weighted by atomic mass is 10.2. The smallest absolute Gasteiger partial charge is 0.191 e. The van der Waals surface area contributed by atoms with E-state index in [0.29, 0.717) is 0 Å². The van der Waals surface area contributed by atoms with Crippen LogP contribution >= 0.6 is 39.0 Å². The van der Waals surface area contributed by atoms with E-state index in [0.717, 1.165) is 40.6 Å². The zero-order valence-corrected chi connectivity index (χ0v) is 17.0. The van der Waals surface area contributed by atoms with Gasteiger partial charge in [0.15, 0.2) is 11.0 Å². The molecule has 0 unspecified atom stereocenters. The molecule has 126 valence electrons. The molecular formula is C18H20BrN3S2. The molecule has 0 bridgehead atoms. The minimum atomic E-state index is 0.902. The van der Waals surface area contributed by atoms with Crippen LogP contribution in [-0.4, -0.2) is 14.8 Å². The maximum Gasteiger partial charge on any atom is 0.191 e. The average Bonchev–Trinajstić information content (AvgIpc) is 3.21. The van der Waals surface area contributed by atoms with E-state index >= 15 is 0 Å². The van der Waals surface area contributed by atoms with Gasteiger partial charge in [-0.3, -0.25) is 0 Å². The lowest BCUT2D eigenvalue weighted by Crippen LogP contribution is -2.01. The van der Waals surface area contributed by atoms with Crippen molar-refractivity contribution in [2.24, 2.45) is 0 Å². The summed E-state index contributed by atoms with van der Waals surface area (Å²) in [5.41, 5.74) is 2.48. The maximum atomic E-state index is 4.47. The Hall–Kier alpha value is -1.11. The van der Waals surface area contributed by atoms with Gasteiger partial charge in [-0.2, -0.15) is 0 Å². The first-order valence-corrected chi connectivity index (χ1v) is 10.7. The molecule has 24 heavy (non-hydrogen) atoms. The average molecular weight is 422 g/mol. The van der Waals surface area contributed by atoms with Crippen LogP contribution in [0, 0.1) is 0 Å². The lowest BCUT2D eigenvalue weighted by molar-refractivity contribution is 0.626. The van der Waals surface area contributed by atoms with Gasteiger partial charge in [0, 0.05) is 32.6 Å². The minimum Gasteiger partial charge on any atom is -0.302 e. The molecule has 1 aromatic carbocycles. The van der Waals surface area contributed by atoms with E-state index in [1.54, 1.807) is 23.1 Å². The van der Waals surface area contributed by atoms with Crippen LogP contribution in [0.1, 0.15) is 30.7 Å². The Balaban J connectivity index is 1.81. The van der Waals surface area contributed by atoms with E-state index in [2.05, 4.69) is 80.3 Å². The Labute approximate surface area is 159 Å². The van der Waals surface area contributed by atoms with Crippen LogP contribution in [0.2, 0.25) is 0 Å². The molecule has 3 aromatic rings. The van der Waals surface area contributed by atoms with Crippen molar-refractivity contribution in [3.05, 3.63) is 50.6 Å². The van der Waals surface area contributed by atoms with Crippen molar-refractivity contribution >= 4 is 39.0 Å². The molecule has 3 nitrogen and oxygen atoms in total. The zero-order valence-electron chi connectivity index (χ0n) is 13.8. The molecule has 0 aliphatic carbocycles. The van der Waals surface area contributed by atoms with Crippen molar-refractivity contribution in [1.29, 1.82) is 0 Å². The predicted octanol–water partition coefficient (Wildman–Crippen LogP) is 6.03. The summed E-state index contributed by atoms with van der Waals surface area (Å²) in [6, 6.07) is 10.7. The fourth-order valence-corrected chi connectivity index (χ4v) is 4.44. The fraction of sp³-hybridized carbons (Fsp3) is 0.333. The van der Waals surface area contributed by atoms with Crippen molar-refractivity contribution < 1.29 is 0 Å². The summed E-state index contributed by atoms with van der Waals surface area (Å²) < 4.78 is 3.36. The van der Waals surface area contributed by atoms with E-state index < -0.39 is 0 Å². The first-order chi connectivity index (χ1) is 11.7. The van der Waals surface area contributed by atoms with Gasteiger partial charge in [-0.05, 0) is 36.6 Å². The van der Waals surface area contributed by atoms with Crippen LogP contribution in [0.4, 0.5) is 0 Å². The van der Waals surface area contributed by atoms with Crippen LogP contribution in [-0.2, 0) is 18.7 Å². The molecule has 0 fully saturated rings. The highest BCUT2D eigenvalue weighted by atomic mass is 79.9. The Kier molecular flexibility index (Phi) is 6.14. The van der Waals surface area contributed by atoms with Gasteiger partial charge in [0.05, 0.1) is 0 Å². The van der Waals surface area contributed by atoms with Crippen LogP contribution in [0.5, 0.6) is 0 Å². The van der Waals surface area contributed by atoms with E-state index in [-0.39, 0.29) is 0 Å². The Morgan fingerprint density at radius 2 is 1.96 bits per heavy atom. The van der Waals surface area contributed by atoms with Crippen LogP contribution < -0.4 is 0 Å². The van der Waals surface area contributed by atoms with E-state index in [9.17, 15) is 0 Å². The quantitative estimate of drug-likeness (QED) is 0.436. The molecule has 0 spiro atoms. The molecule has 0 atom stereocenters. The molecular weight excluding hydrogens is 402 g/mol. The molecule has 0 N–H and O–H groups in total. The van der Waals surface area contributed by atoms with Gasteiger partial charge in [0.2, 0.25) is 0 Å². The summed E-state index contributed by atoms with van der Waals surface area (Å²) in [4.78, 5) is 1.39. The van der Waals surface area contributed by atoms with Crippen LogP contribution in [0.25, 0.3) is 11.4 Å². The number of nitrogens with zero attached hydrogens (tertiary/aromatic N) is 3. The highest BCUT2D eigenvalue weighted by Gasteiger charge is 2.15. The summed E-state index contributed by atoms with van der Waals surface area (Å²) in [6.07, 6.45) is 2.14. The summed E-state index contributed by atoms with van der Waals surface area (Å²) in [6.45, 7) is 5.33. The Bertz CT molecular complexity index is 793. The number of thiophene rings is 1. The van der Waals surface area contributed by atoms with Crippen molar-refractivity contribution in [3.8, 4) is 11.4 Å². The van der Waals surface area contributed by atoms with Gasteiger partial charge in [0.25, 0.3) is 0 Å². The molecule has 0 saturated heterocycles. The van der Waals surface area contributed by atoms with Crippen molar-refractivity contribution in [2.45, 2.75) is 44.1 Å². The molecule has 2 aromatic heterocycles. The molecule has 3 rings (SSSR count). The van der Waals surface area contributed by atoms with Crippen molar-refractivity contribution in [3.63, 3.8) is 0 Å². The number of benzene rings is 1. The first-order valence-electron chi connectivity index (χ1n) is 8.09. The number of aromatic nitrogens is 3. The number of aryl methyl sites for hydroxylation is 1. The number of hydrogen-bond donors (Lipinski definition) is 0. The van der Waals surface area contributed by atoms with Crippen molar-refractivity contribution in [1.82, 2.24) is 14.8 Å². The molecule has 0 radical (unpaired) electrons. The highest BCUT2D eigenvalue weighted by Crippen LogP contribution is 2.29. The molecule has 6 heteroatoms. The summed E-state index contributed by atoms with van der Waals surface area (Å²) in [5, 5.41) is 12.1. The maximum absolute atomic E-state index is 4.47. The zero-order chi connectivity index (χ0) is 16.9. The molecule has 0 aliphatic rings. The summed E-state index contributed by atoms with van der Waals surface area (Å²) in [5.74, 6) is 1.89. The third-order valence-corrected chi connectivity index (χ3v) is 6.35. The number of halogens is 1. The van der Waals surface area contributed by atoms with Crippen molar-refractivity contribution in [2.75, 3.05) is 0 Å². The third-order valence-electron chi connectivity index (χ3n) is 3.71. The molecule has 2 heterocycles. The van der Waals surface area contributed by atoms with Crippen LogP contribution in [0.15, 0.2) is 45.3 Å². The van der Waals surface area contributed by atoms with Gasteiger partial charge in [-0.1, -0.05) is 53.7 Å². The Morgan fingerprint density at radius 1 is 1.17 bits per heavy atom. The van der Waals surface area contributed by atoms with Gasteiger partial charge in [-0.15, -0.1) is 21.5 Å². The van der Waals surface area contributed by atoms with Gasteiger partial charge in [0.1, 0.15) is 0 Å². The van der Waals surface area contributed by atoms with E-state index in [4.69, 9.17) is 0 Å². The largest absolute Gasteiger partial charge is 0.302 e. The first kappa shape index (κ1) is 17.7. The number of rotatable bonds is 7. The Morgan fingerprint density at radius 3 is 2.62 bits per heavy atom. The predicted molar refractivity (Wildman–Crippen MR) is 107 cm³/mol. The normalized spacial score (nSPS) is 11.1. The third kappa shape index (κ3) is 4.10. The van der Waals surface area contributed by atoms with E-state index in [1.807, 2.05) is 0 Å².